The molecule has 4 aromatic rings. The van der Waals surface area contributed by atoms with Crippen LogP contribution in [0.1, 0.15) is 12.5 Å². The molecule has 0 aliphatic carbocycles. The molecule has 1 amide bonds. The molecule has 1 heterocycles. The number of carbonyl (C=O) groups is 1. The van der Waals surface area contributed by atoms with Gasteiger partial charge in [0, 0.05) is 0 Å². The number of nitrogens with zero attached hydrogens (tertiary/aromatic N) is 2. The number of hydrazone groups is 1. The zero-order valence-corrected chi connectivity index (χ0v) is 21.3. The fraction of sp³-hybridized carbons (Fsp3) is 0.125. The molecule has 9 nitrogen and oxygen atoms in total. The predicted molar refractivity (Wildman–Crippen MR) is 137 cm³/mol. The fourth-order valence-corrected chi connectivity index (χ4v) is 4.91. The molecular weight excluding hydrogens is 526 g/mol. The third-order valence-corrected chi connectivity index (χ3v) is 6.90. The van der Waals surface area contributed by atoms with Crippen molar-refractivity contribution in [3.63, 3.8) is 0 Å². The van der Waals surface area contributed by atoms with Crippen molar-refractivity contribution in [2.45, 2.75) is 17.0 Å². The number of ether oxygens (including phenoxy) is 1. The Balaban J connectivity index is 1.41. The minimum absolute atomic E-state index is 0.000233. The van der Waals surface area contributed by atoms with Gasteiger partial charge in [0.2, 0.25) is 5.75 Å². The van der Waals surface area contributed by atoms with E-state index in [4.69, 9.17) is 24.9 Å². The van der Waals surface area contributed by atoms with Gasteiger partial charge in [0.05, 0.1) is 23.6 Å². The molecule has 186 valence electrons. The number of benzene rings is 3. The zero-order chi connectivity index (χ0) is 25.5. The van der Waals surface area contributed by atoms with Gasteiger partial charge in [-0.15, -0.1) is 0 Å². The highest BCUT2D eigenvalue weighted by Crippen LogP contribution is 2.38. The second kappa shape index (κ2) is 11.5. The van der Waals surface area contributed by atoms with E-state index in [1.165, 1.54) is 30.5 Å². The molecule has 3 aromatic carbocycles. The van der Waals surface area contributed by atoms with Gasteiger partial charge in [-0.25, -0.2) is 10.4 Å². The number of amides is 1. The molecule has 0 saturated heterocycles. The number of carbonyl (C=O) groups excluding carboxylic acids is 1. The van der Waals surface area contributed by atoms with Gasteiger partial charge in [0.15, 0.2) is 11.3 Å². The Morgan fingerprint density at radius 3 is 2.67 bits per heavy atom. The van der Waals surface area contributed by atoms with Crippen molar-refractivity contribution in [3.05, 3.63) is 77.3 Å². The highest BCUT2D eigenvalue weighted by Gasteiger charge is 2.22. The van der Waals surface area contributed by atoms with Crippen molar-refractivity contribution in [1.29, 1.82) is 0 Å². The van der Waals surface area contributed by atoms with E-state index in [-0.39, 0.29) is 39.7 Å². The number of nitrogens with one attached hydrogen (secondary N) is 1. The summed E-state index contributed by atoms with van der Waals surface area (Å²) in [6.07, 6.45) is 1.35. The van der Waals surface area contributed by atoms with Gasteiger partial charge in [0.1, 0.15) is 10.4 Å². The number of para-hydroxylation sites is 2. The number of fused-ring (bicyclic) bond motifs is 1. The molecule has 0 spiro atoms. The zero-order valence-electron chi connectivity index (χ0n) is 18.9. The normalized spacial score (nSPS) is 11.6. The second-order valence-corrected chi connectivity index (χ2v) is 10.0. The summed E-state index contributed by atoms with van der Waals surface area (Å²) in [5.74, 6) is -0.357. The lowest BCUT2D eigenvalue weighted by Crippen LogP contribution is -2.19. The molecule has 0 radical (unpaired) electrons. The predicted octanol–water partition coefficient (Wildman–Crippen LogP) is 4.89. The number of hydrogen-bond acceptors (Lipinski definition) is 9. The summed E-state index contributed by atoms with van der Waals surface area (Å²) in [4.78, 5) is 16.4. The van der Waals surface area contributed by atoms with Crippen LogP contribution < -0.4 is 14.3 Å². The van der Waals surface area contributed by atoms with E-state index in [0.717, 1.165) is 11.8 Å². The van der Waals surface area contributed by atoms with Gasteiger partial charge < -0.3 is 13.3 Å². The maximum absolute atomic E-state index is 12.6. The molecule has 1 aromatic heterocycles. The highest BCUT2D eigenvalue weighted by atomic mass is 35.5. The third kappa shape index (κ3) is 6.36. The van der Waals surface area contributed by atoms with Gasteiger partial charge in [-0.1, -0.05) is 53.7 Å². The van der Waals surface area contributed by atoms with Crippen molar-refractivity contribution >= 4 is 56.7 Å². The van der Waals surface area contributed by atoms with Crippen LogP contribution in [0, 0.1) is 0 Å². The van der Waals surface area contributed by atoms with Crippen LogP contribution in [0.5, 0.6) is 11.5 Å². The van der Waals surface area contributed by atoms with Crippen LogP contribution >= 0.6 is 23.4 Å². The second-order valence-electron chi connectivity index (χ2n) is 7.14. The Labute approximate surface area is 216 Å². The van der Waals surface area contributed by atoms with E-state index in [9.17, 15) is 13.2 Å². The average Bonchev–Trinajstić information content (AvgIpc) is 3.29. The molecule has 0 atom stereocenters. The standard InChI is InChI=1S/C24H20ClN3O6S2/c1-2-32-21-13-16(12-18(25)23(21)34-36(30,31)17-8-4-3-5-9-17)14-26-28-22(29)15-35-24-27-19-10-6-7-11-20(19)33-24/h3-14H,2,15H2,1H3,(H,28,29)/b26-14-. The SMILES string of the molecule is CCOc1cc(/C=N\NC(=O)CSc2nc3ccccc3o2)cc(Cl)c1OS(=O)(=O)c1ccccc1. The molecule has 4 rings (SSSR count). The van der Waals surface area contributed by atoms with Crippen LogP contribution in [0.4, 0.5) is 0 Å². The summed E-state index contributed by atoms with van der Waals surface area (Å²) in [7, 11) is -4.13. The van der Waals surface area contributed by atoms with Crippen LogP contribution in [0.3, 0.4) is 0 Å². The monoisotopic (exact) mass is 545 g/mol. The Hall–Kier alpha value is -3.54. The van der Waals surface area contributed by atoms with Gasteiger partial charge in [-0.2, -0.15) is 13.5 Å². The summed E-state index contributed by atoms with van der Waals surface area (Å²) in [6, 6.07) is 18.0. The first-order valence-corrected chi connectivity index (χ1v) is 13.4. The van der Waals surface area contributed by atoms with Gasteiger partial charge >= 0.3 is 10.1 Å². The Morgan fingerprint density at radius 1 is 1.17 bits per heavy atom. The van der Waals surface area contributed by atoms with Crippen molar-refractivity contribution in [2.24, 2.45) is 5.10 Å². The number of aromatic nitrogens is 1. The molecule has 0 fully saturated rings. The number of thioether (sulfide) groups is 1. The van der Waals surface area contributed by atoms with Crippen LogP contribution in [0.2, 0.25) is 5.02 Å². The molecular formula is C24H20ClN3O6S2. The molecule has 0 saturated carbocycles. The highest BCUT2D eigenvalue weighted by molar-refractivity contribution is 7.99. The van der Waals surface area contributed by atoms with Gasteiger partial charge in [-0.3, -0.25) is 4.79 Å². The summed E-state index contributed by atoms with van der Waals surface area (Å²) < 4.78 is 41.6. The van der Waals surface area contributed by atoms with Gasteiger partial charge in [0.25, 0.3) is 11.1 Å². The van der Waals surface area contributed by atoms with E-state index in [1.807, 2.05) is 18.2 Å². The van der Waals surface area contributed by atoms with Crippen LogP contribution in [0.25, 0.3) is 11.1 Å². The maximum Gasteiger partial charge on any atom is 0.339 e. The average molecular weight is 546 g/mol. The first-order valence-electron chi connectivity index (χ1n) is 10.6. The molecule has 0 aliphatic heterocycles. The quantitative estimate of drug-likeness (QED) is 0.129. The molecule has 0 aliphatic rings. The summed E-state index contributed by atoms with van der Waals surface area (Å²) in [5.41, 5.74) is 4.22. The van der Waals surface area contributed by atoms with E-state index < -0.39 is 10.1 Å². The first kappa shape index (κ1) is 25.5. The Morgan fingerprint density at radius 2 is 1.92 bits per heavy atom. The first-order chi connectivity index (χ1) is 17.4. The Kier molecular flexibility index (Phi) is 8.14. The number of halogens is 1. The smallest absolute Gasteiger partial charge is 0.339 e. The van der Waals surface area contributed by atoms with E-state index in [0.29, 0.717) is 21.9 Å². The fourth-order valence-electron chi connectivity index (χ4n) is 3.00. The van der Waals surface area contributed by atoms with Crippen molar-refractivity contribution in [3.8, 4) is 11.5 Å². The van der Waals surface area contributed by atoms with Crippen LogP contribution in [0.15, 0.2) is 86.4 Å². The van der Waals surface area contributed by atoms with Crippen LogP contribution in [-0.2, 0) is 14.9 Å². The summed E-state index contributed by atoms with van der Waals surface area (Å²) >= 11 is 7.46. The molecule has 1 N–H and O–H groups in total. The van der Waals surface area contributed by atoms with E-state index >= 15 is 0 Å². The van der Waals surface area contributed by atoms with Crippen molar-refractivity contribution in [1.82, 2.24) is 10.4 Å². The molecule has 36 heavy (non-hydrogen) atoms. The lowest BCUT2D eigenvalue weighted by molar-refractivity contribution is -0.118. The summed E-state index contributed by atoms with van der Waals surface area (Å²) in [5, 5.41) is 4.31. The lowest BCUT2D eigenvalue weighted by Gasteiger charge is -2.14. The van der Waals surface area contributed by atoms with E-state index in [1.54, 1.807) is 31.2 Å². The Bertz CT molecular complexity index is 1470. The maximum atomic E-state index is 12.6. The lowest BCUT2D eigenvalue weighted by atomic mass is 10.2. The van der Waals surface area contributed by atoms with Gasteiger partial charge in [-0.05, 0) is 48.9 Å². The van der Waals surface area contributed by atoms with Crippen LogP contribution in [-0.4, -0.2) is 37.9 Å². The topological polar surface area (TPSA) is 120 Å². The minimum Gasteiger partial charge on any atom is -0.490 e. The summed E-state index contributed by atoms with van der Waals surface area (Å²) in [6.45, 7) is 1.97. The number of oxazole rings is 1. The largest absolute Gasteiger partial charge is 0.490 e. The molecule has 0 bridgehead atoms. The molecule has 0 unspecified atom stereocenters. The van der Waals surface area contributed by atoms with E-state index in [2.05, 4.69) is 15.5 Å². The van der Waals surface area contributed by atoms with Crippen molar-refractivity contribution < 1.29 is 26.5 Å². The molecule has 12 heteroatoms. The number of rotatable bonds is 10. The number of hydrogen-bond donors (Lipinski definition) is 1. The third-order valence-electron chi connectivity index (χ3n) is 4.56. The van der Waals surface area contributed by atoms with Crippen molar-refractivity contribution in [2.75, 3.05) is 12.4 Å². The minimum atomic E-state index is -4.13.